The van der Waals surface area contributed by atoms with Crippen molar-refractivity contribution >= 4 is 21.4 Å². The minimum atomic E-state index is -0.142. The molecule has 0 aliphatic heterocycles. The summed E-state index contributed by atoms with van der Waals surface area (Å²) >= 11 is 1.82. The van der Waals surface area contributed by atoms with Crippen LogP contribution in [0.25, 0.3) is 10.1 Å². The van der Waals surface area contributed by atoms with Gasteiger partial charge in [-0.1, -0.05) is 32.6 Å². The maximum absolute atomic E-state index is 13.4. The lowest BCUT2D eigenvalue weighted by Gasteiger charge is -2.36. The van der Waals surface area contributed by atoms with E-state index in [4.69, 9.17) is 0 Å². The van der Waals surface area contributed by atoms with Crippen molar-refractivity contribution < 1.29 is 4.39 Å². The van der Waals surface area contributed by atoms with Gasteiger partial charge in [0.25, 0.3) is 0 Å². The fourth-order valence-electron chi connectivity index (χ4n) is 3.94. The number of thiophene rings is 1. The fraction of sp³-hybridized carbons (Fsp3) is 0.556. The lowest BCUT2D eigenvalue weighted by atomic mass is 9.73. The van der Waals surface area contributed by atoms with Crippen LogP contribution in [0.3, 0.4) is 0 Å². The van der Waals surface area contributed by atoms with E-state index < -0.39 is 0 Å². The molecule has 0 radical (unpaired) electrons. The number of nitrogens with one attached hydrogen (secondary N) is 1. The topological polar surface area (TPSA) is 12.0 Å². The van der Waals surface area contributed by atoms with E-state index in [0.717, 1.165) is 11.3 Å². The molecule has 1 nitrogen and oxygen atoms in total. The molecule has 2 aromatic rings. The predicted molar refractivity (Wildman–Crippen MR) is 89.3 cm³/mol. The molecule has 3 atom stereocenters. The van der Waals surface area contributed by atoms with Gasteiger partial charge in [0, 0.05) is 15.6 Å². The summed E-state index contributed by atoms with van der Waals surface area (Å²) in [6, 6.07) is 7.72. The maximum atomic E-state index is 13.4. The van der Waals surface area contributed by atoms with Crippen LogP contribution in [0.15, 0.2) is 24.3 Å². The number of hydrogen-bond acceptors (Lipinski definition) is 2. The SMILES string of the molecule is CCC1CCCCC1C(NC)c1cc2cc(F)ccc2s1. The fourth-order valence-corrected chi connectivity index (χ4v) is 5.17. The van der Waals surface area contributed by atoms with Crippen LogP contribution in [0, 0.1) is 17.7 Å². The highest BCUT2D eigenvalue weighted by Gasteiger charge is 2.31. The highest BCUT2D eigenvalue weighted by molar-refractivity contribution is 7.19. The monoisotopic (exact) mass is 305 g/mol. The largest absolute Gasteiger partial charge is 0.312 e. The van der Waals surface area contributed by atoms with Gasteiger partial charge in [-0.25, -0.2) is 4.39 Å². The van der Waals surface area contributed by atoms with E-state index >= 15 is 0 Å². The van der Waals surface area contributed by atoms with E-state index in [1.54, 1.807) is 12.1 Å². The third kappa shape index (κ3) is 3.00. The van der Waals surface area contributed by atoms with E-state index in [9.17, 15) is 4.39 Å². The van der Waals surface area contributed by atoms with Crippen LogP contribution in [-0.4, -0.2) is 7.05 Å². The van der Waals surface area contributed by atoms with Crippen molar-refractivity contribution in [2.45, 2.75) is 45.1 Å². The Labute approximate surface area is 130 Å². The van der Waals surface area contributed by atoms with Crippen LogP contribution in [0.5, 0.6) is 0 Å². The zero-order chi connectivity index (χ0) is 14.8. The molecule has 1 aliphatic rings. The minimum absolute atomic E-state index is 0.142. The molecule has 0 amide bonds. The van der Waals surface area contributed by atoms with Crippen LogP contribution < -0.4 is 5.32 Å². The molecule has 1 saturated carbocycles. The van der Waals surface area contributed by atoms with Crippen LogP contribution >= 0.6 is 11.3 Å². The van der Waals surface area contributed by atoms with Crippen molar-refractivity contribution in [1.29, 1.82) is 0 Å². The summed E-state index contributed by atoms with van der Waals surface area (Å²) in [5, 5.41) is 4.59. The first-order chi connectivity index (χ1) is 10.2. The Morgan fingerprint density at radius 1 is 1.29 bits per heavy atom. The minimum Gasteiger partial charge on any atom is -0.312 e. The Bertz CT molecular complexity index is 606. The highest BCUT2D eigenvalue weighted by atomic mass is 32.1. The average Bonchev–Trinajstić information content (AvgIpc) is 2.91. The first-order valence-electron chi connectivity index (χ1n) is 8.09. The molecule has 1 N–H and O–H groups in total. The Morgan fingerprint density at radius 2 is 2.10 bits per heavy atom. The number of halogens is 1. The van der Waals surface area contributed by atoms with Gasteiger partial charge < -0.3 is 5.32 Å². The zero-order valence-electron chi connectivity index (χ0n) is 12.9. The second kappa shape index (κ2) is 6.45. The van der Waals surface area contributed by atoms with Crippen LogP contribution in [0.2, 0.25) is 0 Å². The molecule has 1 aromatic heterocycles. The van der Waals surface area contributed by atoms with Gasteiger partial charge in [0.1, 0.15) is 5.82 Å². The molecule has 3 heteroatoms. The molecule has 114 valence electrons. The van der Waals surface area contributed by atoms with Crippen molar-refractivity contribution in [2.24, 2.45) is 11.8 Å². The van der Waals surface area contributed by atoms with Gasteiger partial charge in [-0.2, -0.15) is 0 Å². The Balaban J connectivity index is 1.93. The second-order valence-corrected chi connectivity index (χ2v) is 7.33. The molecule has 1 heterocycles. The maximum Gasteiger partial charge on any atom is 0.123 e. The predicted octanol–water partition coefficient (Wildman–Crippen LogP) is 5.52. The molecular weight excluding hydrogens is 281 g/mol. The number of fused-ring (bicyclic) bond motifs is 1. The van der Waals surface area contributed by atoms with Gasteiger partial charge in [-0.3, -0.25) is 0 Å². The normalized spacial score (nSPS) is 24.3. The van der Waals surface area contributed by atoms with E-state index in [1.165, 1.54) is 41.7 Å². The number of rotatable bonds is 4. The van der Waals surface area contributed by atoms with Gasteiger partial charge in [0.15, 0.2) is 0 Å². The van der Waals surface area contributed by atoms with Gasteiger partial charge in [-0.05, 0) is 55.0 Å². The van der Waals surface area contributed by atoms with Gasteiger partial charge >= 0.3 is 0 Å². The van der Waals surface area contributed by atoms with Crippen molar-refractivity contribution in [3.8, 4) is 0 Å². The second-order valence-electron chi connectivity index (χ2n) is 6.21. The molecule has 0 saturated heterocycles. The summed E-state index contributed by atoms with van der Waals surface area (Å²) in [6.07, 6.45) is 6.66. The van der Waals surface area contributed by atoms with E-state index in [0.29, 0.717) is 12.0 Å². The molecule has 1 aromatic carbocycles. The van der Waals surface area contributed by atoms with Crippen molar-refractivity contribution in [2.75, 3.05) is 7.05 Å². The summed E-state index contributed by atoms with van der Waals surface area (Å²) in [6.45, 7) is 2.32. The summed E-state index contributed by atoms with van der Waals surface area (Å²) in [5.41, 5.74) is 0. The van der Waals surface area contributed by atoms with Gasteiger partial charge in [0.2, 0.25) is 0 Å². The summed E-state index contributed by atoms with van der Waals surface area (Å²) < 4.78 is 14.6. The standard InChI is InChI=1S/C18H24FNS/c1-3-12-6-4-5-7-15(12)18(20-2)17-11-13-10-14(19)8-9-16(13)21-17/h8-12,15,18,20H,3-7H2,1-2H3. The smallest absolute Gasteiger partial charge is 0.123 e. The van der Waals surface area contributed by atoms with Crippen molar-refractivity contribution in [1.82, 2.24) is 5.32 Å². The zero-order valence-corrected chi connectivity index (χ0v) is 13.7. The third-order valence-corrected chi connectivity index (χ3v) is 6.23. The number of benzene rings is 1. The molecular formula is C18H24FNS. The molecule has 3 unspecified atom stereocenters. The lowest BCUT2D eigenvalue weighted by Crippen LogP contribution is -2.32. The molecule has 3 rings (SSSR count). The molecule has 1 aliphatic carbocycles. The van der Waals surface area contributed by atoms with Crippen LogP contribution in [0.4, 0.5) is 4.39 Å². The van der Waals surface area contributed by atoms with Gasteiger partial charge in [-0.15, -0.1) is 11.3 Å². The van der Waals surface area contributed by atoms with Crippen LogP contribution in [-0.2, 0) is 0 Å². The molecule has 1 fully saturated rings. The Hall–Kier alpha value is -0.930. The quantitative estimate of drug-likeness (QED) is 0.784. The van der Waals surface area contributed by atoms with Crippen molar-refractivity contribution in [3.05, 3.63) is 35.0 Å². The summed E-state index contributed by atoms with van der Waals surface area (Å²) in [7, 11) is 2.07. The molecule has 21 heavy (non-hydrogen) atoms. The number of hydrogen-bond donors (Lipinski definition) is 1. The summed E-state index contributed by atoms with van der Waals surface area (Å²) in [4.78, 5) is 1.36. The van der Waals surface area contributed by atoms with E-state index in [1.807, 2.05) is 17.4 Å². The van der Waals surface area contributed by atoms with Gasteiger partial charge in [0.05, 0.1) is 0 Å². The third-order valence-electron chi connectivity index (χ3n) is 5.04. The summed E-state index contributed by atoms with van der Waals surface area (Å²) in [5.74, 6) is 1.39. The first-order valence-corrected chi connectivity index (χ1v) is 8.90. The van der Waals surface area contributed by atoms with E-state index in [-0.39, 0.29) is 5.82 Å². The first kappa shape index (κ1) is 15.0. The molecule has 0 bridgehead atoms. The molecule has 0 spiro atoms. The van der Waals surface area contributed by atoms with Crippen LogP contribution in [0.1, 0.15) is 49.9 Å². The lowest BCUT2D eigenvalue weighted by molar-refractivity contribution is 0.182. The van der Waals surface area contributed by atoms with Crippen molar-refractivity contribution in [3.63, 3.8) is 0 Å². The van der Waals surface area contributed by atoms with E-state index in [2.05, 4.69) is 25.4 Å². The average molecular weight is 305 g/mol. The Kier molecular flexibility index (Phi) is 4.60. The Morgan fingerprint density at radius 3 is 2.86 bits per heavy atom. The highest BCUT2D eigenvalue weighted by Crippen LogP contribution is 2.43.